The predicted molar refractivity (Wildman–Crippen MR) is 137 cm³/mol. The molecule has 0 aromatic heterocycles. The lowest BCUT2D eigenvalue weighted by atomic mass is 9.90. The van der Waals surface area contributed by atoms with Crippen molar-refractivity contribution in [3.63, 3.8) is 0 Å². The third-order valence-electron chi connectivity index (χ3n) is 5.66. The number of aliphatic imine (C=N–C) groups is 1. The highest BCUT2D eigenvalue weighted by atomic mass is 127. The van der Waals surface area contributed by atoms with Gasteiger partial charge in [0.25, 0.3) is 0 Å². The second-order valence-corrected chi connectivity index (χ2v) is 10.0. The molecular weight excluding hydrogens is 523 g/mol. The fourth-order valence-corrected chi connectivity index (χ4v) is 5.02. The Kier molecular flexibility index (Phi) is 9.77. The minimum absolute atomic E-state index is 0. The first kappa shape index (κ1) is 25.6. The maximum absolute atomic E-state index is 12.6. The minimum Gasteiger partial charge on any atom is -0.352 e. The van der Waals surface area contributed by atoms with E-state index in [2.05, 4.69) is 45.5 Å². The van der Waals surface area contributed by atoms with E-state index in [9.17, 15) is 8.42 Å². The van der Waals surface area contributed by atoms with Crippen LogP contribution in [0.1, 0.15) is 24.0 Å². The largest absolute Gasteiger partial charge is 0.352 e. The normalized spacial score (nSPS) is 15.6. The number of guanidine groups is 1. The molecule has 1 saturated heterocycles. The fraction of sp³-hybridized carbons (Fsp3) is 0.435. The zero-order valence-electron chi connectivity index (χ0n) is 18.5. The lowest BCUT2D eigenvalue weighted by Gasteiger charge is -2.34. The number of hydrogen-bond donors (Lipinski definition) is 1. The summed E-state index contributed by atoms with van der Waals surface area (Å²) in [6.45, 7) is 2.32. The van der Waals surface area contributed by atoms with Crippen LogP contribution in [0.4, 0.5) is 0 Å². The Labute approximate surface area is 203 Å². The van der Waals surface area contributed by atoms with E-state index in [4.69, 9.17) is 0 Å². The number of rotatable bonds is 6. The smallest absolute Gasteiger partial charge is 0.242 e. The van der Waals surface area contributed by atoms with E-state index in [1.165, 1.54) is 9.87 Å². The highest BCUT2D eigenvalue weighted by molar-refractivity contribution is 14.0. The van der Waals surface area contributed by atoms with Crippen molar-refractivity contribution in [3.8, 4) is 0 Å². The van der Waals surface area contributed by atoms with Crippen molar-refractivity contribution in [2.45, 2.75) is 30.7 Å². The molecule has 1 aliphatic rings. The topological polar surface area (TPSA) is 65.0 Å². The van der Waals surface area contributed by atoms with Crippen LogP contribution in [0.5, 0.6) is 0 Å². The Balaban J connectivity index is 0.00000341. The highest BCUT2D eigenvalue weighted by Gasteiger charge is 2.23. The molecule has 1 N–H and O–H groups in total. The molecule has 1 fully saturated rings. The first-order valence-corrected chi connectivity index (χ1v) is 11.9. The van der Waals surface area contributed by atoms with Crippen LogP contribution in [0.3, 0.4) is 0 Å². The quantitative estimate of drug-likeness (QED) is 0.336. The van der Waals surface area contributed by atoms with Gasteiger partial charge >= 0.3 is 0 Å². The lowest BCUT2D eigenvalue weighted by molar-refractivity contribution is 0.259. The summed E-state index contributed by atoms with van der Waals surface area (Å²) in [6, 6.07) is 17.8. The van der Waals surface area contributed by atoms with Crippen LogP contribution in [-0.2, 0) is 23.0 Å². The highest BCUT2D eigenvalue weighted by Crippen LogP contribution is 2.22. The molecular formula is C23H33IN4O2S. The molecule has 0 radical (unpaired) electrons. The number of hydrogen-bond acceptors (Lipinski definition) is 3. The summed E-state index contributed by atoms with van der Waals surface area (Å²) in [7, 11) is 1.40. The summed E-state index contributed by atoms with van der Waals surface area (Å²) in [6.07, 6.45) is 3.37. The SMILES string of the molecule is CN=C(NCc1ccccc1S(=O)(=O)N(C)C)N1CCC(Cc2ccccc2)CC1.I. The van der Waals surface area contributed by atoms with Crippen LogP contribution < -0.4 is 5.32 Å². The number of halogens is 1. The first-order chi connectivity index (χ1) is 14.4. The van der Waals surface area contributed by atoms with E-state index in [1.54, 1.807) is 33.3 Å². The van der Waals surface area contributed by atoms with Crippen molar-refractivity contribution in [1.82, 2.24) is 14.5 Å². The van der Waals surface area contributed by atoms with Gasteiger partial charge < -0.3 is 10.2 Å². The van der Waals surface area contributed by atoms with Gasteiger partial charge in [0, 0.05) is 40.8 Å². The monoisotopic (exact) mass is 556 g/mol. The zero-order valence-corrected chi connectivity index (χ0v) is 21.6. The molecule has 1 aliphatic heterocycles. The second kappa shape index (κ2) is 11.8. The van der Waals surface area contributed by atoms with Crippen molar-refractivity contribution >= 4 is 40.0 Å². The number of nitrogens with one attached hydrogen (secondary N) is 1. The van der Waals surface area contributed by atoms with E-state index in [0.717, 1.165) is 43.9 Å². The van der Waals surface area contributed by atoms with Gasteiger partial charge in [-0.3, -0.25) is 4.99 Å². The van der Waals surface area contributed by atoms with Crippen molar-refractivity contribution in [3.05, 3.63) is 65.7 Å². The van der Waals surface area contributed by atoms with Crippen molar-refractivity contribution < 1.29 is 8.42 Å². The molecule has 0 unspecified atom stereocenters. The Hall–Kier alpha value is -1.65. The van der Waals surface area contributed by atoms with Gasteiger partial charge in [-0.05, 0) is 42.4 Å². The van der Waals surface area contributed by atoms with Gasteiger partial charge in [-0.25, -0.2) is 12.7 Å². The Morgan fingerprint density at radius 2 is 1.68 bits per heavy atom. The molecule has 6 nitrogen and oxygen atoms in total. The van der Waals surface area contributed by atoms with Crippen LogP contribution in [0.2, 0.25) is 0 Å². The molecule has 0 atom stereocenters. The van der Waals surface area contributed by atoms with Crippen molar-refractivity contribution in [2.24, 2.45) is 10.9 Å². The maximum Gasteiger partial charge on any atom is 0.242 e. The van der Waals surface area contributed by atoms with E-state index >= 15 is 0 Å². The number of nitrogens with zero attached hydrogens (tertiary/aromatic N) is 3. The van der Waals surface area contributed by atoms with E-state index in [-0.39, 0.29) is 24.0 Å². The number of benzene rings is 2. The van der Waals surface area contributed by atoms with Gasteiger partial charge in [0.05, 0.1) is 4.90 Å². The molecule has 2 aromatic carbocycles. The van der Waals surface area contributed by atoms with Crippen molar-refractivity contribution in [1.29, 1.82) is 0 Å². The number of piperidine rings is 1. The van der Waals surface area contributed by atoms with Crippen LogP contribution in [-0.4, -0.2) is 57.8 Å². The number of likely N-dealkylation sites (tertiary alicyclic amines) is 1. The molecule has 8 heteroatoms. The summed E-state index contributed by atoms with van der Waals surface area (Å²) >= 11 is 0. The lowest BCUT2D eigenvalue weighted by Crippen LogP contribution is -2.45. The van der Waals surface area contributed by atoms with Crippen LogP contribution in [0.25, 0.3) is 0 Å². The second-order valence-electron chi connectivity index (χ2n) is 7.92. The van der Waals surface area contributed by atoms with Crippen molar-refractivity contribution in [2.75, 3.05) is 34.2 Å². The van der Waals surface area contributed by atoms with E-state index < -0.39 is 10.0 Å². The molecule has 2 aromatic rings. The summed E-state index contributed by atoms with van der Waals surface area (Å²) < 4.78 is 26.5. The zero-order chi connectivity index (χ0) is 21.6. The standard InChI is InChI=1S/C23H32N4O2S.HI/c1-24-23(25-18-21-11-7-8-12-22(21)30(28,29)26(2)3)27-15-13-20(14-16-27)17-19-9-5-4-6-10-19;/h4-12,20H,13-18H2,1-3H3,(H,24,25);1H. The van der Waals surface area contributed by atoms with E-state index in [1.807, 2.05) is 12.1 Å². The molecule has 3 rings (SSSR count). The van der Waals surface area contributed by atoms with Gasteiger partial charge in [-0.1, -0.05) is 48.5 Å². The fourth-order valence-electron chi connectivity index (χ4n) is 3.90. The third-order valence-corrected chi connectivity index (χ3v) is 7.58. The van der Waals surface area contributed by atoms with Crippen LogP contribution >= 0.6 is 24.0 Å². The maximum atomic E-state index is 12.6. The average molecular weight is 557 g/mol. The minimum atomic E-state index is -3.48. The molecule has 0 aliphatic carbocycles. The van der Waals surface area contributed by atoms with E-state index in [0.29, 0.717) is 17.4 Å². The molecule has 170 valence electrons. The summed E-state index contributed by atoms with van der Waals surface area (Å²) in [5.41, 5.74) is 2.14. The molecule has 0 spiro atoms. The van der Waals surface area contributed by atoms with Gasteiger partial charge in [0.2, 0.25) is 10.0 Å². The van der Waals surface area contributed by atoms with Crippen LogP contribution in [0.15, 0.2) is 64.5 Å². The Bertz CT molecular complexity index is 957. The summed E-state index contributed by atoms with van der Waals surface area (Å²) in [5.74, 6) is 1.51. The van der Waals surface area contributed by atoms with Gasteiger partial charge in [0.1, 0.15) is 0 Å². The third kappa shape index (κ3) is 6.66. The molecule has 31 heavy (non-hydrogen) atoms. The van der Waals surface area contributed by atoms with Gasteiger partial charge in [0.15, 0.2) is 5.96 Å². The van der Waals surface area contributed by atoms with Gasteiger partial charge in [-0.2, -0.15) is 0 Å². The van der Waals surface area contributed by atoms with Gasteiger partial charge in [-0.15, -0.1) is 24.0 Å². The Morgan fingerprint density at radius 3 is 2.29 bits per heavy atom. The number of sulfonamides is 1. The molecule has 1 heterocycles. The summed E-state index contributed by atoms with van der Waals surface area (Å²) in [5, 5.41) is 3.36. The molecule has 0 bridgehead atoms. The molecule has 0 saturated carbocycles. The van der Waals surface area contributed by atoms with Crippen LogP contribution in [0, 0.1) is 5.92 Å². The average Bonchev–Trinajstić information content (AvgIpc) is 2.76. The Morgan fingerprint density at radius 1 is 1.06 bits per heavy atom. The first-order valence-electron chi connectivity index (χ1n) is 10.4. The summed E-state index contributed by atoms with van der Waals surface area (Å²) in [4.78, 5) is 7.04. The predicted octanol–water partition coefficient (Wildman–Crippen LogP) is 3.59. The molecule has 0 amide bonds.